The number of ether oxygens (including phenoxy) is 2. The van der Waals surface area contributed by atoms with Gasteiger partial charge in [0, 0.05) is 46.3 Å². The van der Waals surface area contributed by atoms with Crippen molar-refractivity contribution in [1.29, 1.82) is 0 Å². The third-order valence-corrected chi connectivity index (χ3v) is 4.12. The average Bonchev–Trinajstić information content (AvgIpc) is 3.03. The van der Waals surface area contributed by atoms with E-state index >= 15 is 0 Å². The zero-order chi connectivity index (χ0) is 15.8. The Hall–Kier alpha value is -1.18. The number of rotatable bonds is 7. The first-order chi connectivity index (χ1) is 10.6. The Morgan fingerprint density at radius 3 is 2.68 bits per heavy atom. The Morgan fingerprint density at radius 2 is 2.05 bits per heavy atom. The standard InChI is InChI=1S/C15H27N3O4/c1-13(19)18(5-4-17-6-9-21-10-7-17)12-15(20)16-11-14-3-2-8-22-14/h14H,2-12H2,1H3,(H,16,20). The normalized spacial score (nSPS) is 22.5. The van der Waals surface area contributed by atoms with Gasteiger partial charge in [-0.15, -0.1) is 0 Å². The number of hydrogen-bond donors (Lipinski definition) is 1. The van der Waals surface area contributed by atoms with Gasteiger partial charge in [-0.05, 0) is 12.8 Å². The van der Waals surface area contributed by atoms with E-state index in [2.05, 4.69) is 10.2 Å². The molecule has 0 bridgehead atoms. The summed E-state index contributed by atoms with van der Waals surface area (Å²) in [6.07, 6.45) is 2.18. The number of carbonyl (C=O) groups is 2. The van der Waals surface area contributed by atoms with Crippen LogP contribution in [0.25, 0.3) is 0 Å². The van der Waals surface area contributed by atoms with Crippen molar-refractivity contribution in [2.24, 2.45) is 0 Å². The van der Waals surface area contributed by atoms with E-state index in [1.54, 1.807) is 4.90 Å². The summed E-state index contributed by atoms with van der Waals surface area (Å²) in [5.41, 5.74) is 0. The van der Waals surface area contributed by atoms with Crippen molar-refractivity contribution in [2.75, 3.05) is 59.1 Å². The monoisotopic (exact) mass is 313 g/mol. The maximum absolute atomic E-state index is 12.0. The van der Waals surface area contributed by atoms with Gasteiger partial charge in [0.25, 0.3) is 0 Å². The highest BCUT2D eigenvalue weighted by Crippen LogP contribution is 2.10. The fourth-order valence-electron chi connectivity index (χ4n) is 2.70. The molecule has 2 saturated heterocycles. The third kappa shape index (κ3) is 5.90. The van der Waals surface area contributed by atoms with E-state index < -0.39 is 0 Å². The second kappa shape index (κ2) is 9.07. The largest absolute Gasteiger partial charge is 0.379 e. The van der Waals surface area contributed by atoms with Crippen LogP contribution in [0.5, 0.6) is 0 Å². The van der Waals surface area contributed by atoms with Gasteiger partial charge < -0.3 is 19.7 Å². The topological polar surface area (TPSA) is 71.1 Å². The zero-order valence-electron chi connectivity index (χ0n) is 13.4. The van der Waals surface area contributed by atoms with Crippen molar-refractivity contribution in [2.45, 2.75) is 25.9 Å². The van der Waals surface area contributed by atoms with Gasteiger partial charge in [0.05, 0.1) is 25.9 Å². The Balaban J connectivity index is 1.67. The molecule has 2 amide bonds. The number of morpholine rings is 1. The molecule has 0 aliphatic carbocycles. The van der Waals surface area contributed by atoms with Gasteiger partial charge in [0.1, 0.15) is 0 Å². The SMILES string of the molecule is CC(=O)N(CCN1CCOCC1)CC(=O)NCC1CCCO1. The molecule has 1 atom stereocenters. The highest BCUT2D eigenvalue weighted by atomic mass is 16.5. The lowest BCUT2D eigenvalue weighted by Gasteiger charge is -2.29. The van der Waals surface area contributed by atoms with Crippen LogP contribution in [0.15, 0.2) is 0 Å². The molecule has 2 aliphatic heterocycles. The molecular weight excluding hydrogens is 286 g/mol. The van der Waals surface area contributed by atoms with Crippen LogP contribution in [-0.2, 0) is 19.1 Å². The van der Waals surface area contributed by atoms with E-state index in [0.29, 0.717) is 13.1 Å². The molecule has 2 fully saturated rings. The quantitative estimate of drug-likeness (QED) is 0.684. The molecule has 0 aromatic carbocycles. The maximum Gasteiger partial charge on any atom is 0.239 e. The van der Waals surface area contributed by atoms with Crippen molar-refractivity contribution >= 4 is 11.8 Å². The second-order valence-corrected chi connectivity index (χ2v) is 5.83. The molecule has 2 aliphatic rings. The van der Waals surface area contributed by atoms with Crippen LogP contribution in [0.2, 0.25) is 0 Å². The van der Waals surface area contributed by atoms with Gasteiger partial charge in [-0.25, -0.2) is 0 Å². The molecule has 0 saturated carbocycles. The number of hydrogen-bond acceptors (Lipinski definition) is 5. The van der Waals surface area contributed by atoms with E-state index in [4.69, 9.17) is 9.47 Å². The Labute approximate surface area is 131 Å². The predicted molar refractivity (Wildman–Crippen MR) is 81.5 cm³/mol. The molecule has 22 heavy (non-hydrogen) atoms. The molecular formula is C15H27N3O4. The molecule has 0 aromatic rings. The van der Waals surface area contributed by atoms with Gasteiger partial charge >= 0.3 is 0 Å². The first-order valence-electron chi connectivity index (χ1n) is 8.09. The Morgan fingerprint density at radius 1 is 1.27 bits per heavy atom. The molecule has 0 aromatic heterocycles. The minimum Gasteiger partial charge on any atom is -0.379 e. The summed E-state index contributed by atoms with van der Waals surface area (Å²) < 4.78 is 10.8. The summed E-state index contributed by atoms with van der Waals surface area (Å²) >= 11 is 0. The van der Waals surface area contributed by atoms with Gasteiger partial charge in [-0.1, -0.05) is 0 Å². The highest BCUT2D eigenvalue weighted by molar-refractivity contribution is 5.83. The highest BCUT2D eigenvalue weighted by Gasteiger charge is 2.19. The lowest BCUT2D eigenvalue weighted by atomic mass is 10.2. The van der Waals surface area contributed by atoms with E-state index in [1.807, 2.05) is 0 Å². The summed E-state index contributed by atoms with van der Waals surface area (Å²) in [5.74, 6) is -0.187. The molecule has 7 nitrogen and oxygen atoms in total. The molecule has 1 unspecified atom stereocenters. The van der Waals surface area contributed by atoms with Crippen molar-refractivity contribution in [3.63, 3.8) is 0 Å². The second-order valence-electron chi connectivity index (χ2n) is 5.83. The number of amides is 2. The number of nitrogens with one attached hydrogen (secondary N) is 1. The van der Waals surface area contributed by atoms with Crippen LogP contribution in [-0.4, -0.2) is 86.8 Å². The van der Waals surface area contributed by atoms with Crippen LogP contribution < -0.4 is 5.32 Å². The summed E-state index contributed by atoms with van der Waals surface area (Å²) in [6.45, 7) is 7.54. The fourth-order valence-corrected chi connectivity index (χ4v) is 2.70. The van der Waals surface area contributed by atoms with Gasteiger partial charge in [-0.2, -0.15) is 0 Å². The van der Waals surface area contributed by atoms with E-state index in [-0.39, 0.29) is 24.5 Å². The van der Waals surface area contributed by atoms with Crippen molar-refractivity contribution in [3.8, 4) is 0 Å². The van der Waals surface area contributed by atoms with Crippen LogP contribution >= 0.6 is 0 Å². The molecule has 2 rings (SSSR count). The third-order valence-electron chi connectivity index (χ3n) is 4.12. The number of carbonyl (C=O) groups excluding carboxylic acids is 2. The van der Waals surface area contributed by atoms with Crippen LogP contribution in [0.3, 0.4) is 0 Å². The van der Waals surface area contributed by atoms with Gasteiger partial charge in [0.2, 0.25) is 11.8 Å². The fraction of sp³-hybridized carbons (Fsp3) is 0.867. The molecule has 126 valence electrons. The maximum atomic E-state index is 12.0. The number of nitrogens with zero attached hydrogens (tertiary/aromatic N) is 2. The van der Waals surface area contributed by atoms with Crippen LogP contribution in [0.4, 0.5) is 0 Å². The first-order valence-corrected chi connectivity index (χ1v) is 8.09. The summed E-state index contributed by atoms with van der Waals surface area (Å²) in [6, 6.07) is 0. The molecule has 1 N–H and O–H groups in total. The van der Waals surface area contributed by atoms with Crippen molar-refractivity contribution in [3.05, 3.63) is 0 Å². The van der Waals surface area contributed by atoms with Gasteiger partial charge in [-0.3, -0.25) is 14.5 Å². The zero-order valence-corrected chi connectivity index (χ0v) is 13.4. The Bertz CT molecular complexity index is 366. The van der Waals surface area contributed by atoms with Crippen molar-refractivity contribution in [1.82, 2.24) is 15.1 Å². The summed E-state index contributed by atoms with van der Waals surface area (Å²) in [4.78, 5) is 27.5. The predicted octanol–water partition coefficient (Wildman–Crippen LogP) is -0.538. The average molecular weight is 313 g/mol. The smallest absolute Gasteiger partial charge is 0.239 e. The van der Waals surface area contributed by atoms with Crippen LogP contribution in [0, 0.1) is 0 Å². The lowest BCUT2D eigenvalue weighted by molar-refractivity contribution is -0.134. The Kier molecular flexibility index (Phi) is 7.08. The summed E-state index contributed by atoms with van der Waals surface area (Å²) in [7, 11) is 0. The van der Waals surface area contributed by atoms with E-state index in [9.17, 15) is 9.59 Å². The van der Waals surface area contributed by atoms with Crippen LogP contribution in [0.1, 0.15) is 19.8 Å². The molecule has 7 heteroatoms. The van der Waals surface area contributed by atoms with E-state index in [0.717, 1.165) is 52.3 Å². The molecule has 0 spiro atoms. The summed E-state index contributed by atoms with van der Waals surface area (Å²) in [5, 5.41) is 2.86. The van der Waals surface area contributed by atoms with Gasteiger partial charge in [0.15, 0.2) is 0 Å². The molecule has 0 radical (unpaired) electrons. The molecule has 2 heterocycles. The minimum absolute atomic E-state index is 0.0690. The first kappa shape index (κ1) is 17.2. The lowest BCUT2D eigenvalue weighted by Crippen LogP contribution is -2.46. The van der Waals surface area contributed by atoms with Crippen molar-refractivity contribution < 1.29 is 19.1 Å². The minimum atomic E-state index is -0.118. The van der Waals surface area contributed by atoms with E-state index in [1.165, 1.54) is 6.92 Å².